The molecule has 140 valence electrons. The molecule has 0 aromatic heterocycles. The van der Waals surface area contributed by atoms with E-state index in [2.05, 4.69) is 27.8 Å². The molecule has 0 atom stereocenters. The van der Waals surface area contributed by atoms with Crippen molar-refractivity contribution >= 4 is 5.96 Å². The molecule has 0 amide bonds. The minimum atomic E-state index is -0.620. The fourth-order valence-corrected chi connectivity index (χ4v) is 2.52. The molecule has 0 aliphatic carbocycles. The van der Waals surface area contributed by atoms with Gasteiger partial charge in [-0.25, -0.2) is 4.39 Å². The van der Waals surface area contributed by atoms with Crippen LogP contribution in [0.4, 0.5) is 4.39 Å². The molecular formula is C20H26FN3O2. The van der Waals surface area contributed by atoms with Crippen molar-refractivity contribution in [3.05, 3.63) is 59.4 Å². The van der Waals surface area contributed by atoms with Gasteiger partial charge in [-0.2, -0.15) is 0 Å². The highest BCUT2D eigenvalue weighted by Gasteiger charge is 2.03. The molecule has 0 fully saturated rings. The SMILES string of the molecule is CN=C(NCCCCc1ccc(OC)cc1)NCc1ccc(O)c(F)c1. The smallest absolute Gasteiger partial charge is 0.191 e. The number of nitrogens with zero attached hydrogens (tertiary/aromatic N) is 1. The van der Waals surface area contributed by atoms with Gasteiger partial charge in [0.05, 0.1) is 7.11 Å². The van der Waals surface area contributed by atoms with Crippen molar-refractivity contribution in [1.82, 2.24) is 10.6 Å². The van der Waals surface area contributed by atoms with Crippen LogP contribution >= 0.6 is 0 Å². The molecule has 2 aromatic rings. The molecule has 0 unspecified atom stereocenters. The monoisotopic (exact) mass is 359 g/mol. The second-order valence-electron chi connectivity index (χ2n) is 5.94. The van der Waals surface area contributed by atoms with Crippen LogP contribution in [0.3, 0.4) is 0 Å². The van der Waals surface area contributed by atoms with Gasteiger partial charge in [0.2, 0.25) is 0 Å². The first-order chi connectivity index (χ1) is 12.6. The first kappa shape index (κ1) is 19.6. The third-order valence-electron chi connectivity index (χ3n) is 4.04. The topological polar surface area (TPSA) is 65.9 Å². The molecule has 0 aliphatic heterocycles. The summed E-state index contributed by atoms with van der Waals surface area (Å²) in [6.07, 6.45) is 3.10. The predicted molar refractivity (Wildman–Crippen MR) is 102 cm³/mol. The van der Waals surface area contributed by atoms with Gasteiger partial charge < -0.3 is 20.5 Å². The third-order valence-corrected chi connectivity index (χ3v) is 4.04. The fraction of sp³-hybridized carbons (Fsp3) is 0.350. The van der Waals surface area contributed by atoms with E-state index in [1.807, 2.05) is 12.1 Å². The van der Waals surface area contributed by atoms with Crippen molar-refractivity contribution < 1.29 is 14.2 Å². The minimum absolute atomic E-state index is 0.340. The summed E-state index contributed by atoms with van der Waals surface area (Å²) in [4.78, 5) is 4.16. The van der Waals surface area contributed by atoms with Crippen molar-refractivity contribution in [3.63, 3.8) is 0 Å². The Morgan fingerprint density at radius 3 is 2.46 bits per heavy atom. The maximum absolute atomic E-state index is 13.3. The molecule has 3 N–H and O–H groups in total. The number of rotatable bonds is 8. The van der Waals surface area contributed by atoms with Gasteiger partial charge in [-0.3, -0.25) is 4.99 Å². The van der Waals surface area contributed by atoms with E-state index in [-0.39, 0.29) is 5.75 Å². The summed E-state index contributed by atoms with van der Waals surface area (Å²) >= 11 is 0. The lowest BCUT2D eigenvalue weighted by Gasteiger charge is -2.12. The largest absolute Gasteiger partial charge is 0.505 e. The molecule has 0 aliphatic rings. The van der Waals surface area contributed by atoms with Gasteiger partial charge in [0.25, 0.3) is 0 Å². The number of phenols is 1. The van der Waals surface area contributed by atoms with Gasteiger partial charge >= 0.3 is 0 Å². The average Bonchev–Trinajstić information content (AvgIpc) is 2.67. The highest BCUT2D eigenvalue weighted by Crippen LogP contribution is 2.16. The number of aryl methyl sites for hydroxylation is 1. The van der Waals surface area contributed by atoms with Crippen molar-refractivity contribution in [1.29, 1.82) is 0 Å². The summed E-state index contributed by atoms with van der Waals surface area (Å²) in [5.41, 5.74) is 2.03. The Kier molecular flexibility index (Phi) is 7.74. The second kappa shape index (κ2) is 10.3. The second-order valence-corrected chi connectivity index (χ2v) is 5.94. The van der Waals surface area contributed by atoms with E-state index in [1.54, 1.807) is 20.2 Å². The zero-order valence-electron chi connectivity index (χ0n) is 15.3. The van der Waals surface area contributed by atoms with E-state index in [4.69, 9.17) is 4.74 Å². The summed E-state index contributed by atoms with van der Waals surface area (Å²) in [5.74, 6) is 0.584. The molecule has 5 nitrogen and oxygen atoms in total. The summed E-state index contributed by atoms with van der Waals surface area (Å²) in [6, 6.07) is 12.5. The van der Waals surface area contributed by atoms with Gasteiger partial charge in [-0.15, -0.1) is 0 Å². The Hall–Kier alpha value is -2.76. The zero-order chi connectivity index (χ0) is 18.8. The number of halogens is 1. The molecule has 0 saturated carbocycles. The summed E-state index contributed by atoms with van der Waals surface area (Å²) in [7, 11) is 3.36. The Morgan fingerprint density at radius 1 is 1.08 bits per heavy atom. The lowest BCUT2D eigenvalue weighted by Crippen LogP contribution is -2.37. The number of benzene rings is 2. The van der Waals surface area contributed by atoms with Crippen LogP contribution in [-0.4, -0.2) is 31.8 Å². The Morgan fingerprint density at radius 2 is 1.81 bits per heavy atom. The van der Waals surface area contributed by atoms with Crippen LogP contribution in [0.5, 0.6) is 11.5 Å². The molecular weight excluding hydrogens is 333 g/mol. The Balaban J connectivity index is 1.65. The van der Waals surface area contributed by atoms with Crippen molar-refractivity contribution in [3.8, 4) is 11.5 Å². The number of methoxy groups -OCH3 is 1. The number of guanidine groups is 1. The Labute approximate surface area is 153 Å². The highest BCUT2D eigenvalue weighted by atomic mass is 19.1. The fourth-order valence-electron chi connectivity index (χ4n) is 2.52. The third kappa shape index (κ3) is 6.27. The van der Waals surface area contributed by atoms with Gasteiger partial charge in [0.1, 0.15) is 5.75 Å². The standard InChI is InChI=1S/C20H26FN3O2/c1-22-20(24-14-16-8-11-19(25)18(21)13-16)23-12-4-3-5-15-6-9-17(26-2)10-7-15/h6-11,13,25H,3-5,12,14H2,1-2H3,(H2,22,23,24). The van der Waals surface area contributed by atoms with E-state index < -0.39 is 5.82 Å². The summed E-state index contributed by atoms with van der Waals surface area (Å²) < 4.78 is 18.5. The lowest BCUT2D eigenvalue weighted by atomic mass is 10.1. The molecule has 2 aromatic carbocycles. The number of nitrogens with one attached hydrogen (secondary N) is 2. The first-order valence-corrected chi connectivity index (χ1v) is 8.67. The normalized spacial score (nSPS) is 11.3. The molecule has 6 heteroatoms. The van der Waals surface area contributed by atoms with Crippen LogP contribution in [0.2, 0.25) is 0 Å². The van der Waals surface area contributed by atoms with Crippen LogP contribution in [0.1, 0.15) is 24.0 Å². The number of hydrogen-bond donors (Lipinski definition) is 3. The van der Waals surface area contributed by atoms with E-state index >= 15 is 0 Å². The molecule has 0 saturated heterocycles. The number of unbranched alkanes of at least 4 members (excludes halogenated alkanes) is 1. The highest BCUT2D eigenvalue weighted by molar-refractivity contribution is 5.79. The number of aromatic hydroxyl groups is 1. The van der Waals surface area contributed by atoms with Crippen LogP contribution in [0.15, 0.2) is 47.5 Å². The van der Waals surface area contributed by atoms with E-state index in [9.17, 15) is 9.50 Å². The number of aliphatic imine (C=N–C) groups is 1. The molecule has 2 rings (SSSR count). The Bertz CT molecular complexity index is 717. The number of hydrogen-bond acceptors (Lipinski definition) is 3. The first-order valence-electron chi connectivity index (χ1n) is 8.67. The van der Waals surface area contributed by atoms with Crippen molar-refractivity contribution in [2.24, 2.45) is 4.99 Å². The van der Waals surface area contributed by atoms with Crippen LogP contribution < -0.4 is 15.4 Å². The van der Waals surface area contributed by atoms with E-state index in [1.165, 1.54) is 17.7 Å². The maximum atomic E-state index is 13.3. The summed E-state index contributed by atoms with van der Waals surface area (Å²) in [6.45, 7) is 1.24. The quantitative estimate of drug-likeness (QED) is 0.385. The molecule has 26 heavy (non-hydrogen) atoms. The van der Waals surface area contributed by atoms with Crippen LogP contribution in [-0.2, 0) is 13.0 Å². The molecule has 0 bridgehead atoms. The molecule has 0 radical (unpaired) electrons. The van der Waals surface area contributed by atoms with E-state index in [0.717, 1.165) is 37.1 Å². The zero-order valence-corrected chi connectivity index (χ0v) is 15.3. The van der Waals surface area contributed by atoms with Crippen LogP contribution in [0.25, 0.3) is 0 Å². The summed E-state index contributed by atoms with van der Waals surface area (Å²) in [5, 5.41) is 15.6. The van der Waals surface area contributed by atoms with Crippen LogP contribution in [0, 0.1) is 5.82 Å². The predicted octanol–water partition coefficient (Wildman–Crippen LogP) is 3.23. The van der Waals surface area contributed by atoms with Gasteiger partial charge in [0.15, 0.2) is 17.5 Å². The maximum Gasteiger partial charge on any atom is 0.191 e. The number of phenolic OH excluding ortho intramolecular Hbond substituents is 1. The van der Waals surface area contributed by atoms with E-state index in [0.29, 0.717) is 12.5 Å². The minimum Gasteiger partial charge on any atom is -0.505 e. The number of ether oxygens (including phenoxy) is 1. The molecule has 0 spiro atoms. The molecule has 0 heterocycles. The lowest BCUT2D eigenvalue weighted by molar-refractivity contribution is 0.414. The van der Waals surface area contributed by atoms with Crippen molar-refractivity contribution in [2.75, 3.05) is 20.7 Å². The average molecular weight is 359 g/mol. The van der Waals surface area contributed by atoms with Gasteiger partial charge in [-0.05, 0) is 54.7 Å². The van der Waals surface area contributed by atoms with Crippen molar-refractivity contribution in [2.45, 2.75) is 25.8 Å². The van der Waals surface area contributed by atoms with Gasteiger partial charge in [-0.1, -0.05) is 18.2 Å². The van der Waals surface area contributed by atoms with Gasteiger partial charge in [0, 0.05) is 20.1 Å².